The second-order valence-corrected chi connectivity index (χ2v) is 9.21. The normalized spacial score (nSPS) is 12.5. The van der Waals surface area contributed by atoms with Gasteiger partial charge in [-0.2, -0.15) is 0 Å². The highest BCUT2D eigenvalue weighted by Crippen LogP contribution is 2.12. The molecule has 3 rings (SSSR count). The Morgan fingerprint density at radius 2 is 1.65 bits per heavy atom. The first kappa shape index (κ1) is 27.9. The Bertz CT molecular complexity index is 1140. The van der Waals surface area contributed by atoms with Gasteiger partial charge in [-0.15, -0.1) is 0 Å². The quantitative estimate of drug-likeness (QED) is 0.306. The monoisotopic (exact) mass is 508 g/mol. The molecule has 0 radical (unpaired) electrons. The molecule has 1 heterocycles. The zero-order valence-corrected chi connectivity index (χ0v) is 21.3. The highest BCUT2D eigenvalue weighted by Gasteiger charge is 2.21. The first-order chi connectivity index (χ1) is 17.8. The predicted octanol–water partition coefficient (Wildman–Crippen LogP) is 4.94. The average Bonchev–Trinajstić information content (AvgIpc) is 2.86. The van der Waals surface area contributed by atoms with E-state index in [0.29, 0.717) is 24.7 Å². The smallest absolute Gasteiger partial charge is 0.248 e. The van der Waals surface area contributed by atoms with Crippen LogP contribution in [0.15, 0.2) is 66.9 Å². The minimum Gasteiger partial charge on any atom is -0.344 e. The first-order valence-corrected chi connectivity index (χ1v) is 12.6. The standard InChI is InChI=1S/C29H34F2N4O2/c1-3-7-26(34-28(36)16-23-14-24(30)17-25(31)15-23)29(37)35-27-13-12-22(19-33-27)11-10-20(2)32-18-21-8-5-4-6-9-21/h4-6,8-9,12-15,17,19-20,26,32H,3,7,10-11,16,18H2,1-2H3,(H,34,36)(H,33,35,37). The predicted molar refractivity (Wildman–Crippen MR) is 141 cm³/mol. The van der Waals surface area contributed by atoms with E-state index in [1.807, 2.05) is 31.2 Å². The number of hydrogen-bond donors (Lipinski definition) is 3. The molecule has 1 aromatic heterocycles. The van der Waals surface area contributed by atoms with Gasteiger partial charge in [0.2, 0.25) is 11.8 Å². The molecule has 0 saturated carbocycles. The number of benzene rings is 2. The Morgan fingerprint density at radius 1 is 0.919 bits per heavy atom. The fourth-order valence-electron chi connectivity index (χ4n) is 3.93. The Labute approximate surface area is 216 Å². The summed E-state index contributed by atoms with van der Waals surface area (Å²) in [5.74, 6) is -1.99. The summed E-state index contributed by atoms with van der Waals surface area (Å²) in [5.41, 5.74) is 2.51. The zero-order chi connectivity index (χ0) is 26.6. The van der Waals surface area contributed by atoms with Crippen molar-refractivity contribution in [1.29, 1.82) is 0 Å². The van der Waals surface area contributed by atoms with Gasteiger partial charge in [0, 0.05) is 24.8 Å². The van der Waals surface area contributed by atoms with Crippen LogP contribution in [-0.2, 0) is 29.0 Å². The van der Waals surface area contributed by atoms with Crippen LogP contribution in [0.4, 0.5) is 14.6 Å². The van der Waals surface area contributed by atoms with Crippen molar-refractivity contribution in [3.63, 3.8) is 0 Å². The minimum atomic E-state index is -0.783. The van der Waals surface area contributed by atoms with Crippen LogP contribution >= 0.6 is 0 Å². The molecule has 3 aromatic rings. The van der Waals surface area contributed by atoms with Crippen LogP contribution < -0.4 is 16.0 Å². The number of aryl methyl sites for hydroxylation is 1. The third kappa shape index (κ3) is 9.73. The van der Waals surface area contributed by atoms with Crippen LogP contribution in [0.5, 0.6) is 0 Å². The molecule has 6 nitrogen and oxygen atoms in total. The molecule has 37 heavy (non-hydrogen) atoms. The summed E-state index contributed by atoms with van der Waals surface area (Å²) >= 11 is 0. The molecule has 0 saturated heterocycles. The van der Waals surface area contributed by atoms with Crippen LogP contribution in [0.2, 0.25) is 0 Å². The topological polar surface area (TPSA) is 83.1 Å². The lowest BCUT2D eigenvalue weighted by Gasteiger charge is -2.18. The SMILES string of the molecule is CCCC(NC(=O)Cc1cc(F)cc(F)c1)C(=O)Nc1ccc(CCC(C)NCc2ccccc2)cn1. The van der Waals surface area contributed by atoms with Gasteiger partial charge in [0.05, 0.1) is 6.42 Å². The van der Waals surface area contributed by atoms with Crippen LogP contribution in [0.25, 0.3) is 0 Å². The largest absolute Gasteiger partial charge is 0.344 e. The van der Waals surface area contributed by atoms with E-state index in [1.54, 1.807) is 12.3 Å². The number of carbonyl (C=O) groups is 2. The molecule has 2 unspecified atom stereocenters. The Hall–Kier alpha value is -3.65. The van der Waals surface area contributed by atoms with E-state index in [1.165, 1.54) is 5.56 Å². The van der Waals surface area contributed by atoms with E-state index in [-0.39, 0.29) is 17.9 Å². The molecule has 196 valence electrons. The van der Waals surface area contributed by atoms with E-state index in [2.05, 4.69) is 40.0 Å². The Kier molecular flexibility index (Phi) is 10.7. The van der Waals surface area contributed by atoms with Gasteiger partial charge in [0.25, 0.3) is 0 Å². The number of halogens is 2. The number of amides is 2. The third-order valence-corrected chi connectivity index (χ3v) is 5.96. The van der Waals surface area contributed by atoms with E-state index in [4.69, 9.17) is 0 Å². The summed E-state index contributed by atoms with van der Waals surface area (Å²) in [6.07, 6.45) is 4.38. The molecule has 0 aliphatic rings. The third-order valence-electron chi connectivity index (χ3n) is 5.96. The number of nitrogens with zero attached hydrogens (tertiary/aromatic N) is 1. The number of nitrogens with one attached hydrogen (secondary N) is 3. The number of aromatic nitrogens is 1. The first-order valence-electron chi connectivity index (χ1n) is 12.6. The number of carbonyl (C=O) groups excluding carboxylic acids is 2. The van der Waals surface area contributed by atoms with Crippen LogP contribution in [0.3, 0.4) is 0 Å². The summed E-state index contributed by atoms with van der Waals surface area (Å²) in [6, 6.07) is 16.4. The average molecular weight is 509 g/mol. The second kappa shape index (κ2) is 14.2. The van der Waals surface area contributed by atoms with Gasteiger partial charge >= 0.3 is 0 Å². The van der Waals surface area contributed by atoms with Gasteiger partial charge in [0.1, 0.15) is 23.5 Å². The zero-order valence-electron chi connectivity index (χ0n) is 21.3. The molecule has 0 aliphatic carbocycles. The highest BCUT2D eigenvalue weighted by molar-refractivity contribution is 5.96. The molecule has 0 bridgehead atoms. The molecule has 2 atom stereocenters. The summed E-state index contributed by atoms with van der Waals surface area (Å²) < 4.78 is 26.8. The lowest BCUT2D eigenvalue weighted by Crippen LogP contribution is -2.44. The van der Waals surface area contributed by atoms with Crippen molar-refractivity contribution in [3.05, 3.63) is 95.2 Å². The van der Waals surface area contributed by atoms with Crippen LogP contribution in [0.1, 0.15) is 49.8 Å². The number of anilines is 1. The summed E-state index contributed by atoms with van der Waals surface area (Å²) in [5, 5.41) is 8.93. The van der Waals surface area contributed by atoms with Gasteiger partial charge in [-0.05, 0) is 61.1 Å². The maximum atomic E-state index is 13.4. The van der Waals surface area contributed by atoms with Gasteiger partial charge in [0.15, 0.2) is 0 Å². The Morgan fingerprint density at radius 3 is 2.30 bits per heavy atom. The second-order valence-electron chi connectivity index (χ2n) is 9.21. The van der Waals surface area contributed by atoms with E-state index in [9.17, 15) is 18.4 Å². The van der Waals surface area contributed by atoms with Gasteiger partial charge in [-0.25, -0.2) is 13.8 Å². The van der Waals surface area contributed by atoms with Gasteiger partial charge in [-0.1, -0.05) is 49.7 Å². The van der Waals surface area contributed by atoms with Crippen molar-refractivity contribution in [2.75, 3.05) is 5.32 Å². The van der Waals surface area contributed by atoms with Crippen molar-refractivity contribution in [2.45, 2.75) is 64.6 Å². The van der Waals surface area contributed by atoms with Crippen molar-refractivity contribution in [2.24, 2.45) is 0 Å². The summed E-state index contributed by atoms with van der Waals surface area (Å²) in [7, 11) is 0. The fourth-order valence-corrected chi connectivity index (χ4v) is 3.93. The molecular formula is C29H34F2N4O2. The van der Waals surface area contributed by atoms with Gasteiger partial charge in [-0.3, -0.25) is 9.59 Å². The summed E-state index contributed by atoms with van der Waals surface area (Å²) in [6.45, 7) is 4.87. The van der Waals surface area contributed by atoms with Crippen LogP contribution in [0, 0.1) is 11.6 Å². The van der Waals surface area contributed by atoms with Crippen molar-refractivity contribution in [1.82, 2.24) is 15.6 Å². The molecule has 3 N–H and O–H groups in total. The van der Waals surface area contributed by atoms with Gasteiger partial charge < -0.3 is 16.0 Å². The number of hydrogen-bond acceptors (Lipinski definition) is 4. The minimum absolute atomic E-state index is 0.201. The molecular weight excluding hydrogens is 474 g/mol. The van der Waals surface area contributed by atoms with Crippen molar-refractivity contribution < 1.29 is 18.4 Å². The van der Waals surface area contributed by atoms with E-state index < -0.39 is 23.6 Å². The fraction of sp³-hybridized carbons (Fsp3) is 0.345. The molecule has 2 aromatic carbocycles. The maximum absolute atomic E-state index is 13.4. The summed E-state index contributed by atoms with van der Waals surface area (Å²) in [4.78, 5) is 29.6. The lowest BCUT2D eigenvalue weighted by atomic mass is 10.1. The molecule has 2 amide bonds. The molecule has 0 fully saturated rings. The van der Waals surface area contributed by atoms with E-state index in [0.717, 1.165) is 43.1 Å². The van der Waals surface area contributed by atoms with Crippen molar-refractivity contribution in [3.8, 4) is 0 Å². The molecule has 8 heteroatoms. The van der Waals surface area contributed by atoms with Crippen LogP contribution in [-0.4, -0.2) is 28.9 Å². The van der Waals surface area contributed by atoms with Crippen molar-refractivity contribution >= 4 is 17.6 Å². The number of pyridine rings is 1. The molecule has 0 aliphatic heterocycles. The maximum Gasteiger partial charge on any atom is 0.248 e. The Balaban J connectivity index is 1.47. The van der Waals surface area contributed by atoms with E-state index >= 15 is 0 Å². The highest BCUT2D eigenvalue weighted by atomic mass is 19.1. The molecule has 0 spiro atoms. The lowest BCUT2D eigenvalue weighted by molar-refractivity contribution is -0.126. The number of rotatable bonds is 13.